The van der Waals surface area contributed by atoms with Gasteiger partial charge in [-0.2, -0.15) is 0 Å². The summed E-state index contributed by atoms with van der Waals surface area (Å²) in [5.41, 5.74) is 1.02. The van der Waals surface area contributed by atoms with Gasteiger partial charge in [0.05, 0.1) is 24.9 Å². The largest absolute Gasteiger partial charge is 0.504 e. The normalized spacial score (nSPS) is 37.6. The van der Waals surface area contributed by atoms with Crippen molar-refractivity contribution in [2.75, 3.05) is 6.61 Å². The van der Waals surface area contributed by atoms with E-state index in [0.29, 0.717) is 11.1 Å². The number of aliphatic hydroxyl groups excluding tert-OH is 7. The average molecular weight is 757 g/mol. The minimum atomic E-state index is -1.82. The van der Waals surface area contributed by atoms with Gasteiger partial charge in [0, 0.05) is 12.3 Å². The van der Waals surface area contributed by atoms with Gasteiger partial charge >= 0.3 is 5.97 Å². The van der Waals surface area contributed by atoms with Crippen molar-refractivity contribution < 1.29 is 89.4 Å². The summed E-state index contributed by atoms with van der Waals surface area (Å²) in [4.78, 5) is 13.4. The predicted octanol–water partition coefficient (Wildman–Crippen LogP) is -1.62. The number of benzene rings is 2. The molecule has 0 amide bonds. The summed E-state index contributed by atoms with van der Waals surface area (Å²) in [5.74, 6) is -3.57. The SMILES string of the molecule is C[C@@H]1O[C@H](C[C@@H]2[C@H](O)[C@H](OCCc3ccc(O)c(O)c3)O[C@H](O[C@@H]3O[C@H](C)[C@H](O)[C@H](O)[C@@H]3O)[C@@H]2OC(=O)CCc2ccc(O)c(O)c2)[C@H](O)[C@@H](O)[C@H]1O. The monoisotopic (exact) mass is 756 g/mol. The molecule has 3 saturated heterocycles. The van der Waals surface area contributed by atoms with Crippen LogP contribution in [0.4, 0.5) is 0 Å². The van der Waals surface area contributed by atoms with E-state index >= 15 is 0 Å². The number of carbonyl (C=O) groups is 1. The summed E-state index contributed by atoms with van der Waals surface area (Å²) < 4.78 is 35.1. The van der Waals surface area contributed by atoms with Gasteiger partial charge in [-0.15, -0.1) is 0 Å². The topological polar surface area (TPSA) is 295 Å². The van der Waals surface area contributed by atoms with Crippen LogP contribution in [-0.2, 0) is 46.1 Å². The maximum absolute atomic E-state index is 13.4. The third-order valence-corrected chi connectivity index (χ3v) is 9.85. The van der Waals surface area contributed by atoms with Crippen LogP contribution in [0.25, 0.3) is 0 Å². The number of ether oxygens (including phenoxy) is 6. The molecule has 0 saturated carbocycles. The molecule has 11 N–H and O–H groups in total. The summed E-state index contributed by atoms with van der Waals surface area (Å²) in [5, 5.41) is 114. The maximum Gasteiger partial charge on any atom is 0.306 e. The molecule has 0 spiro atoms. The molecule has 15 atom stereocenters. The van der Waals surface area contributed by atoms with Gasteiger partial charge in [0.25, 0.3) is 0 Å². The zero-order valence-corrected chi connectivity index (χ0v) is 28.9. The molecule has 2 aromatic carbocycles. The summed E-state index contributed by atoms with van der Waals surface area (Å²) >= 11 is 0. The molecule has 0 radical (unpaired) electrons. The highest BCUT2D eigenvalue weighted by molar-refractivity contribution is 5.70. The number of carbonyl (C=O) groups excluding carboxylic acids is 1. The molecule has 0 bridgehead atoms. The van der Waals surface area contributed by atoms with Crippen LogP contribution < -0.4 is 0 Å². The molecule has 0 aromatic heterocycles. The van der Waals surface area contributed by atoms with Gasteiger partial charge in [0.1, 0.15) is 42.7 Å². The van der Waals surface area contributed by atoms with Gasteiger partial charge in [-0.25, -0.2) is 0 Å². The van der Waals surface area contributed by atoms with E-state index in [0.717, 1.165) is 0 Å². The highest BCUT2D eigenvalue weighted by atomic mass is 16.8. The molecular formula is C35H48O18. The number of phenolic OH excluding ortho intramolecular Hbond substituents is 4. The maximum atomic E-state index is 13.4. The Morgan fingerprint density at radius 3 is 1.79 bits per heavy atom. The lowest BCUT2D eigenvalue weighted by atomic mass is 9.83. The molecule has 0 aliphatic carbocycles. The summed E-state index contributed by atoms with van der Waals surface area (Å²) in [6.45, 7) is 2.75. The van der Waals surface area contributed by atoms with Crippen molar-refractivity contribution in [3.63, 3.8) is 0 Å². The quantitative estimate of drug-likeness (QED) is 0.0856. The van der Waals surface area contributed by atoms with Gasteiger partial charge in [0.15, 0.2) is 41.7 Å². The standard InChI is InChI=1S/C35H48O18/c1-14-25(41)29(45)28(44)23(49-14)13-18-27(43)33(48-10-9-17-4-7-20(37)22(39)12-17)52-35(53-34-31(47)30(46)26(42)15(2)50-34)32(18)51-24(40)8-5-16-3-6-19(36)21(38)11-16/h3-4,6-7,11-12,14-15,18,23,25-39,41-47H,5,8-10,13H2,1-2H3/t14-,15+,18+,23+,25-,26-,27-,28-,29-,30-,31-,32+,33+,34-,35+/m0/s1. The molecule has 3 aliphatic heterocycles. The van der Waals surface area contributed by atoms with Crippen LogP contribution in [-0.4, -0.2) is 155 Å². The molecule has 3 aliphatic rings. The first-order chi connectivity index (χ1) is 25.0. The molecule has 5 rings (SSSR count). The smallest absolute Gasteiger partial charge is 0.306 e. The fraction of sp³-hybridized carbons (Fsp3) is 0.629. The Hall–Kier alpha value is -3.37. The van der Waals surface area contributed by atoms with Crippen LogP contribution in [0.3, 0.4) is 0 Å². The van der Waals surface area contributed by atoms with E-state index in [1.165, 1.54) is 50.2 Å². The molecule has 53 heavy (non-hydrogen) atoms. The molecule has 2 aromatic rings. The molecular weight excluding hydrogens is 708 g/mol. The van der Waals surface area contributed by atoms with Gasteiger partial charge in [-0.1, -0.05) is 12.1 Å². The Balaban J connectivity index is 1.43. The number of hydrogen-bond acceptors (Lipinski definition) is 18. The predicted molar refractivity (Wildman–Crippen MR) is 176 cm³/mol. The van der Waals surface area contributed by atoms with Crippen molar-refractivity contribution in [1.82, 2.24) is 0 Å². The number of rotatable bonds is 12. The highest BCUT2D eigenvalue weighted by Gasteiger charge is 2.54. The zero-order valence-electron chi connectivity index (χ0n) is 28.9. The Bertz CT molecular complexity index is 1530. The average Bonchev–Trinajstić information content (AvgIpc) is 3.12. The van der Waals surface area contributed by atoms with E-state index in [-0.39, 0.29) is 49.5 Å². The van der Waals surface area contributed by atoms with E-state index in [4.69, 9.17) is 28.4 Å². The molecule has 18 nitrogen and oxygen atoms in total. The summed E-state index contributed by atoms with van der Waals surface area (Å²) in [7, 11) is 0. The molecule has 18 heteroatoms. The van der Waals surface area contributed by atoms with Crippen LogP contribution in [0.15, 0.2) is 36.4 Å². The third-order valence-electron chi connectivity index (χ3n) is 9.85. The number of hydrogen-bond donors (Lipinski definition) is 11. The Labute approximate surface area is 303 Å². The van der Waals surface area contributed by atoms with Gasteiger partial charge in [-0.05, 0) is 68.5 Å². The molecule has 0 unspecified atom stereocenters. The van der Waals surface area contributed by atoms with Crippen molar-refractivity contribution in [3.8, 4) is 23.0 Å². The second kappa shape index (κ2) is 17.4. The first-order valence-electron chi connectivity index (χ1n) is 17.3. The van der Waals surface area contributed by atoms with E-state index in [1.807, 2.05) is 0 Å². The van der Waals surface area contributed by atoms with Gasteiger partial charge in [0.2, 0.25) is 6.29 Å². The van der Waals surface area contributed by atoms with Crippen LogP contribution in [0.5, 0.6) is 23.0 Å². The summed E-state index contributed by atoms with van der Waals surface area (Å²) in [6.07, 6.45) is -21.6. The number of aromatic hydroxyl groups is 4. The van der Waals surface area contributed by atoms with Crippen LogP contribution in [0.1, 0.15) is 37.8 Å². The lowest BCUT2D eigenvalue weighted by molar-refractivity contribution is -0.394. The van der Waals surface area contributed by atoms with Gasteiger partial charge in [-0.3, -0.25) is 4.79 Å². The second-order valence-corrected chi connectivity index (χ2v) is 13.7. The number of esters is 1. The van der Waals surface area contributed by atoms with Crippen molar-refractivity contribution in [2.24, 2.45) is 5.92 Å². The van der Waals surface area contributed by atoms with Crippen molar-refractivity contribution in [3.05, 3.63) is 47.5 Å². The second-order valence-electron chi connectivity index (χ2n) is 13.7. The molecule has 3 heterocycles. The third kappa shape index (κ3) is 9.48. The zero-order chi connectivity index (χ0) is 38.7. The Kier molecular flexibility index (Phi) is 13.4. The van der Waals surface area contributed by atoms with E-state index in [1.54, 1.807) is 0 Å². The molecule has 3 fully saturated rings. The fourth-order valence-electron chi connectivity index (χ4n) is 6.61. The lowest BCUT2D eigenvalue weighted by Crippen LogP contribution is -2.63. The van der Waals surface area contributed by atoms with Crippen LogP contribution in [0, 0.1) is 5.92 Å². The Morgan fingerprint density at radius 2 is 1.19 bits per heavy atom. The minimum absolute atomic E-state index is 0.0373. The first kappa shape index (κ1) is 40.8. The minimum Gasteiger partial charge on any atom is -0.504 e. The first-order valence-corrected chi connectivity index (χ1v) is 17.3. The van der Waals surface area contributed by atoms with E-state index in [2.05, 4.69) is 0 Å². The van der Waals surface area contributed by atoms with Crippen molar-refractivity contribution in [1.29, 1.82) is 0 Å². The van der Waals surface area contributed by atoms with Crippen molar-refractivity contribution >= 4 is 5.97 Å². The van der Waals surface area contributed by atoms with Crippen LogP contribution in [0.2, 0.25) is 0 Å². The highest BCUT2D eigenvalue weighted by Crippen LogP contribution is 2.38. The Morgan fingerprint density at radius 1 is 0.623 bits per heavy atom. The lowest BCUT2D eigenvalue weighted by Gasteiger charge is -2.48. The van der Waals surface area contributed by atoms with Crippen molar-refractivity contribution in [2.45, 2.75) is 126 Å². The fourth-order valence-corrected chi connectivity index (χ4v) is 6.61. The number of aliphatic hydroxyl groups is 7. The van der Waals surface area contributed by atoms with E-state index < -0.39 is 104 Å². The van der Waals surface area contributed by atoms with Gasteiger partial charge < -0.3 is 84.6 Å². The number of phenols is 4. The van der Waals surface area contributed by atoms with Crippen LogP contribution >= 0.6 is 0 Å². The molecule has 296 valence electrons. The number of aryl methyl sites for hydroxylation is 1. The van der Waals surface area contributed by atoms with E-state index in [9.17, 15) is 61.0 Å². The summed E-state index contributed by atoms with van der Waals surface area (Å²) in [6, 6.07) is 8.12.